The molecule has 0 spiro atoms. The van der Waals surface area contributed by atoms with E-state index in [0.29, 0.717) is 14.2 Å². The van der Waals surface area contributed by atoms with E-state index in [4.69, 9.17) is 8.85 Å². The van der Waals surface area contributed by atoms with Crippen molar-refractivity contribution in [1.82, 2.24) is 0 Å². The lowest BCUT2D eigenvalue weighted by molar-refractivity contribution is -0.301. The normalized spacial score (nSPS) is 14.7. The van der Waals surface area contributed by atoms with Gasteiger partial charge in [0, 0.05) is 27.4 Å². The number of hydrogen-bond acceptors (Lipinski definition) is 12. The molecule has 0 bridgehead atoms. The molecular weight excluding hydrogens is 1280 g/mol. The maximum atomic E-state index is 13.1. The summed E-state index contributed by atoms with van der Waals surface area (Å²) < 4.78 is 474. The Morgan fingerprint density at radius 1 is 0.253 bits per heavy atom. The fourth-order valence-electron chi connectivity index (χ4n) is 3.22. The van der Waals surface area contributed by atoms with Gasteiger partial charge in [0.1, 0.15) is 52.9 Å². The van der Waals surface area contributed by atoms with Crippen LogP contribution in [0.15, 0.2) is 0 Å². The Morgan fingerprint density at radius 3 is 0.532 bits per heavy atom. The molecule has 0 radical (unpaired) electrons. The van der Waals surface area contributed by atoms with Gasteiger partial charge in [0.15, 0.2) is 0 Å². The number of hydrogen-bond donors (Lipinski definition) is 0. The third kappa shape index (κ3) is 27.8. The Labute approximate surface area is 422 Å². The molecule has 0 atom stereocenters. The molecule has 0 saturated carbocycles. The lowest BCUT2D eigenvalue weighted by Crippen LogP contribution is -2.57. The maximum absolute atomic E-state index is 13.1. The molecule has 480 valence electrons. The molecule has 0 aromatic carbocycles. The van der Waals surface area contributed by atoms with Gasteiger partial charge in [-0.05, 0) is 13.8 Å². The van der Waals surface area contributed by atoms with Gasteiger partial charge in [0.2, 0.25) is 0 Å². The quantitative estimate of drug-likeness (QED) is 0.0440. The van der Waals surface area contributed by atoms with Crippen molar-refractivity contribution in [2.45, 2.75) is 112 Å². The molecular formula is C30H38F34O12Si3. The number of alkyl halides is 34. The maximum Gasteiger partial charge on any atom is 0.680 e. The Balaban J connectivity index is -0.00000113. The minimum absolute atomic E-state index is 0.341. The van der Waals surface area contributed by atoms with Crippen LogP contribution < -0.4 is 0 Å². The summed E-state index contributed by atoms with van der Waals surface area (Å²) in [4.78, 5) is 0. The highest BCUT2D eigenvalue weighted by atomic mass is 28.4. The van der Waals surface area contributed by atoms with Gasteiger partial charge in [-0.2, -0.15) is 96.6 Å². The molecule has 0 saturated heterocycles. The minimum atomic E-state index is -6.67. The van der Waals surface area contributed by atoms with Crippen molar-refractivity contribution in [3.63, 3.8) is 0 Å². The Bertz CT molecular complexity index is 1520. The van der Waals surface area contributed by atoms with Crippen molar-refractivity contribution in [2.75, 3.05) is 80.3 Å². The fourth-order valence-corrected chi connectivity index (χ4v) is 8.58. The van der Waals surface area contributed by atoms with Crippen LogP contribution in [0, 0.1) is 0 Å². The van der Waals surface area contributed by atoms with Gasteiger partial charge in [0.25, 0.3) is 0 Å². The third-order valence-corrected chi connectivity index (χ3v) is 13.7. The number of rotatable bonds is 36. The van der Waals surface area contributed by atoms with Crippen LogP contribution in [0.4, 0.5) is 149 Å². The van der Waals surface area contributed by atoms with E-state index in [2.05, 4.69) is 44.3 Å². The van der Waals surface area contributed by atoms with Crippen LogP contribution in [0.2, 0.25) is 0 Å². The molecule has 0 aliphatic rings. The zero-order valence-electron chi connectivity index (χ0n) is 38.8. The van der Waals surface area contributed by atoms with E-state index in [0.717, 1.165) is 0 Å². The van der Waals surface area contributed by atoms with Gasteiger partial charge >= 0.3 is 125 Å². The molecule has 0 heterocycles. The summed E-state index contributed by atoms with van der Waals surface area (Å²) >= 11 is 0. The SMILES string of the molecule is CCO[Si](OCC)(OCC(F)(F)C(F)F)OCC(F)(F)C(F)F.CO[Si](OC)(OCC(F)(F)C(F)(F)F)OCC(F)(F)C(F)(F)F.FC(F)C(F)(F)CO[Si](OCC(F)(F)C(F)F)(OCC(F)(F)C(F)F)OCC(F)(F)C(F)F. The van der Waals surface area contributed by atoms with Crippen LogP contribution in [-0.4, -0.2) is 206 Å². The van der Waals surface area contributed by atoms with Crippen molar-refractivity contribution in [3.8, 4) is 0 Å². The molecule has 0 fully saturated rings. The monoisotopic (exact) mass is 1320 g/mol. The van der Waals surface area contributed by atoms with Crippen molar-refractivity contribution < 1.29 is 202 Å². The first-order valence-corrected chi connectivity index (χ1v) is 24.3. The zero-order valence-corrected chi connectivity index (χ0v) is 41.8. The van der Waals surface area contributed by atoms with Crippen molar-refractivity contribution in [2.24, 2.45) is 0 Å². The molecule has 49 heteroatoms. The van der Waals surface area contributed by atoms with E-state index in [9.17, 15) is 149 Å². The third-order valence-electron chi connectivity index (χ3n) is 7.40. The smallest absolute Gasteiger partial charge is 0.355 e. The van der Waals surface area contributed by atoms with Gasteiger partial charge in [-0.25, -0.2) is 52.7 Å². The van der Waals surface area contributed by atoms with Crippen molar-refractivity contribution in [3.05, 3.63) is 0 Å². The molecule has 0 rings (SSSR count). The second kappa shape index (κ2) is 31.6. The van der Waals surface area contributed by atoms with Crippen LogP contribution in [0.25, 0.3) is 0 Å². The van der Waals surface area contributed by atoms with Crippen LogP contribution in [0.3, 0.4) is 0 Å². The fraction of sp³-hybridized carbons (Fsp3) is 1.00. The predicted octanol–water partition coefficient (Wildman–Crippen LogP) is 11.6. The first-order chi connectivity index (χ1) is 35.1. The summed E-state index contributed by atoms with van der Waals surface area (Å²) in [6.45, 7) is -18.3. The van der Waals surface area contributed by atoms with Gasteiger partial charge in [0.05, 0.1) is 0 Å². The summed E-state index contributed by atoms with van der Waals surface area (Å²) in [7, 11) is -15.4. The topological polar surface area (TPSA) is 111 Å². The van der Waals surface area contributed by atoms with Gasteiger partial charge < -0.3 is 53.1 Å². The lowest BCUT2D eigenvalue weighted by Gasteiger charge is -2.32. The second-order valence-electron chi connectivity index (χ2n) is 13.9. The summed E-state index contributed by atoms with van der Waals surface area (Å²) in [6.07, 6.45) is -39.0. The van der Waals surface area contributed by atoms with E-state index in [-0.39, 0.29) is 13.2 Å². The molecule has 0 unspecified atom stereocenters. The van der Waals surface area contributed by atoms with E-state index in [1.54, 1.807) is 0 Å². The predicted molar refractivity (Wildman–Crippen MR) is 190 cm³/mol. The molecule has 0 aliphatic heterocycles. The minimum Gasteiger partial charge on any atom is -0.355 e. The van der Waals surface area contributed by atoms with E-state index >= 15 is 0 Å². The standard InChI is InChI=1S/C12H12F16O4Si.C10H16F8O4Si.C8H10F10O4Si/c13-5(14)9(21,22)1-29-33(30-2-10(23,24)6(15)16,31-3-11(25,26)7(17)18)32-4-12(27,28)8(19)20;1-3-19-23(20-4-2,21-5-9(15,16)7(11)12)22-6-10(17,18)8(13)14;1-19-23(20-2,21-3-5(9,10)7(13,14)15)22-4-6(11,12)8(16,17)18/h5-8H,1-4H2;7-8H,3-6H2,1-2H3;3-4H2,1-2H3. The average Bonchev–Trinajstić information content (AvgIpc) is 3.29. The summed E-state index contributed by atoms with van der Waals surface area (Å²) in [5, 5.41) is 0. The molecule has 0 aromatic rings. The molecule has 0 aliphatic carbocycles. The zero-order chi connectivity index (χ0) is 63.5. The second-order valence-corrected chi connectivity index (χ2v) is 20.6. The molecule has 12 nitrogen and oxygen atoms in total. The number of halogens is 34. The summed E-state index contributed by atoms with van der Waals surface area (Å²) in [5.41, 5.74) is 0. The van der Waals surface area contributed by atoms with Crippen LogP contribution in [-0.2, 0) is 53.1 Å². The van der Waals surface area contributed by atoms with Gasteiger partial charge in [-0.1, -0.05) is 0 Å². The Hall–Kier alpha value is -2.21. The van der Waals surface area contributed by atoms with Crippen molar-refractivity contribution >= 4 is 27.1 Å². The Kier molecular flexibility index (Phi) is 32.4. The van der Waals surface area contributed by atoms with E-state index in [1.165, 1.54) is 13.8 Å². The highest BCUT2D eigenvalue weighted by Gasteiger charge is 2.64. The average molecular weight is 1320 g/mol. The van der Waals surface area contributed by atoms with Gasteiger partial charge in [-0.15, -0.1) is 0 Å². The Morgan fingerprint density at radius 2 is 0.405 bits per heavy atom. The molecule has 0 N–H and O–H groups in total. The first kappa shape index (κ1) is 81.0. The lowest BCUT2D eigenvalue weighted by atomic mass is 10.3. The van der Waals surface area contributed by atoms with Crippen molar-refractivity contribution in [1.29, 1.82) is 0 Å². The van der Waals surface area contributed by atoms with Gasteiger partial charge in [-0.3, -0.25) is 0 Å². The van der Waals surface area contributed by atoms with Crippen LogP contribution in [0.1, 0.15) is 13.8 Å². The van der Waals surface area contributed by atoms with E-state index < -0.39 is 178 Å². The highest BCUT2D eigenvalue weighted by molar-refractivity contribution is 6.54. The summed E-state index contributed by atoms with van der Waals surface area (Å²) in [6, 6.07) is 0. The van der Waals surface area contributed by atoms with Crippen LogP contribution >= 0.6 is 0 Å². The molecule has 79 heavy (non-hydrogen) atoms. The molecule has 0 amide bonds. The highest BCUT2D eigenvalue weighted by Crippen LogP contribution is 2.39. The molecule has 0 aromatic heterocycles. The van der Waals surface area contributed by atoms with E-state index in [1.807, 2.05) is 0 Å². The van der Waals surface area contributed by atoms with Crippen LogP contribution in [0.5, 0.6) is 0 Å². The first-order valence-electron chi connectivity index (χ1n) is 19.4. The largest absolute Gasteiger partial charge is 0.680 e. The summed E-state index contributed by atoms with van der Waals surface area (Å²) in [5.74, 6) is -41.5.